The highest BCUT2D eigenvalue weighted by atomic mass is 15.2. The van der Waals surface area contributed by atoms with Crippen LogP contribution in [0.15, 0.2) is 24.4 Å². The fourth-order valence-corrected chi connectivity index (χ4v) is 2.35. The highest BCUT2D eigenvalue weighted by Crippen LogP contribution is 2.21. The largest absolute Gasteiger partial charge is 0.330 e. The number of hydrogen-bond donors (Lipinski definition) is 1. The summed E-state index contributed by atoms with van der Waals surface area (Å²) >= 11 is 0. The van der Waals surface area contributed by atoms with E-state index in [1.165, 1.54) is 16.8 Å². The van der Waals surface area contributed by atoms with Gasteiger partial charge in [-0.3, -0.25) is 4.40 Å². The van der Waals surface area contributed by atoms with Crippen molar-refractivity contribution in [3.8, 4) is 0 Å². The molecule has 4 heteroatoms. The van der Waals surface area contributed by atoms with Gasteiger partial charge < -0.3 is 10.3 Å². The lowest BCUT2D eigenvalue weighted by Crippen LogP contribution is -2.06. The van der Waals surface area contributed by atoms with Gasteiger partial charge in [-0.05, 0) is 25.1 Å². The molecule has 0 amide bonds. The molecule has 0 unspecified atom stereocenters. The maximum Gasteiger partial charge on any atom is 0.214 e. The Labute approximate surface area is 99.7 Å². The van der Waals surface area contributed by atoms with E-state index in [9.17, 15) is 0 Å². The molecular formula is C13H16N4. The van der Waals surface area contributed by atoms with Crippen molar-refractivity contribution < 1.29 is 0 Å². The Kier molecular flexibility index (Phi) is 2.19. The number of hydrogen-bond acceptors (Lipinski definition) is 2. The maximum atomic E-state index is 5.61. The van der Waals surface area contributed by atoms with Crippen molar-refractivity contribution in [3.05, 3.63) is 35.7 Å². The minimum atomic E-state index is 0.665. The molecule has 0 aliphatic heterocycles. The first-order valence-electron chi connectivity index (χ1n) is 5.84. The third kappa shape index (κ3) is 1.37. The summed E-state index contributed by atoms with van der Waals surface area (Å²) < 4.78 is 4.26. The predicted molar refractivity (Wildman–Crippen MR) is 69.2 cm³/mol. The maximum absolute atomic E-state index is 5.61. The molecule has 0 aliphatic carbocycles. The molecule has 0 fully saturated rings. The van der Waals surface area contributed by atoms with Gasteiger partial charge in [-0.2, -0.15) is 0 Å². The first kappa shape index (κ1) is 10.4. The second kappa shape index (κ2) is 3.60. The average Bonchev–Trinajstić information content (AvgIpc) is 2.81. The molecule has 3 rings (SSSR count). The van der Waals surface area contributed by atoms with Crippen molar-refractivity contribution in [3.63, 3.8) is 0 Å². The molecule has 4 nitrogen and oxygen atoms in total. The van der Waals surface area contributed by atoms with E-state index < -0.39 is 0 Å². The Hall–Kier alpha value is -1.81. The number of rotatable bonds is 2. The van der Waals surface area contributed by atoms with Gasteiger partial charge in [-0.25, -0.2) is 4.98 Å². The van der Waals surface area contributed by atoms with Crippen LogP contribution in [0, 0.1) is 6.92 Å². The van der Waals surface area contributed by atoms with Gasteiger partial charge in [0.1, 0.15) is 0 Å². The summed E-state index contributed by atoms with van der Waals surface area (Å²) in [5, 5.41) is 0. The zero-order chi connectivity index (χ0) is 12.0. The molecule has 0 saturated carbocycles. The molecule has 0 bridgehead atoms. The number of para-hydroxylation sites is 1. The molecule has 1 aromatic carbocycles. The number of imidazole rings is 2. The van der Waals surface area contributed by atoms with Crippen molar-refractivity contribution in [2.75, 3.05) is 6.54 Å². The molecule has 2 N–H and O–H groups in total. The minimum absolute atomic E-state index is 0.665. The molecule has 2 aromatic heterocycles. The second-order valence-electron chi connectivity index (χ2n) is 4.44. The third-order valence-corrected chi connectivity index (χ3v) is 3.31. The van der Waals surface area contributed by atoms with Crippen LogP contribution in [0.3, 0.4) is 0 Å². The van der Waals surface area contributed by atoms with E-state index in [-0.39, 0.29) is 0 Å². The van der Waals surface area contributed by atoms with Gasteiger partial charge in [-0.1, -0.05) is 12.1 Å². The fourth-order valence-electron chi connectivity index (χ4n) is 2.35. The Balaban J connectivity index is 2.37. The number of nitrogens with zero attached hydrogens (tertiary/aromatic N) is 3. The molecular weight excluding hydrogens is 212 g/mol. The smallest absolute Gasteiger partial charge is 0.214 e. The Morgan fingerprint density at radius 2 is 2.18 bits per heavy atom. The molecule has 0 aliphatic rings. The molecule has 0 atom stereocenters. The topological polar surface area (TPSA) is 48.2 Å². The first-order valence-corrected chi connectivity index (χ1v) is 5.84. The zero-order valence-corrected chi connectivity index (χ0v) is 10.1. The molecule has 3 aromatic rings. The predicted octanol–water partition coefficient (Wildman–Crippen LogP) is 1.64. The van der Waals surface area contributed by atoms with Crippen LogP contribution in [-0.2, 0) is 13.5 Å². The van der Waals surface area contributed by atoms with Gasteiger partial charge in [0.15, 0.2) is 0 Å². The van der Waals surface area contributed by atoms with Crippen molar-refractivity contribution in [2.24, 2.45) is 12.8 Å². The Bertz CT molecular complexity index is 690. The summed E-state index contributed by atoms with van der Waals surface area (Å²) in [7, 11) is 2.04. The van der Waals surface area contributed by atoms with Crippen molar-refractivity contribution in [1.82, 2.24) is 14.0 Å². The molecule has 0 spiro atoms. The number of benzene rings is 1. The summed E-state index contributed by atoms with van der Waals surface area (Å²) in [6.07, 6.45) is 3.02. The molecule has 0 radical (unpaired) electrons. The van der Waals surface area contributed by atoms with Gasteiger partial charge in [0, 0.05) is 25.4 Å². The Morgan fingerprint density at radius 1 is 1.35 bits per heavy atom. The number of fused-ring (bicyclic) bond motifs is 3. The van der Waals surface area contributed by atoms with Gasteiger partial charge in [0.2, 0.25) is 5.78 Å². The summed E-state index contributed by atoms with van der Waals surface area (Å²) in [4.78, 5) is 4.70. The fraction of sp³-hybridized carbons (Fsp3) is 0.308. The summed E-state index contributed by atoms with van der Waals surface area (Å²) in [6, 6.07) is 6.27. The summed E-state index contributed by atoms with van der Waals surface area (Å²) in [6.45, 7) is 2.76. The van der Waals surface area contributed by atoms with E-state index >= 15 is 0 Å². The third-order valence-electron chi connectivity index (χ3n) is 3.31. The first-order chi connectivity index (χ1) is 8.22. The SMILES string of the molecule is Cc1cccc2c1nc1n(C)c(CCN)cn21. The van der Waals surface area contributed by atoms with Crippen LogP contribution in [0.25, 0.3) is 16.8 Å². The highest BCUT2D eigenvalue weighted by molar-refractivity contribution is 5.82. The Morgan fingerprint density at radius 3 is 2.94 bits per heavy atom. The van der Waals surface area contributed by atoms with E-state index in [1.54, 1.807) is 0 Å². The molecule has 0 saturated heterocycles. The number of aromatic nitrogens is 3. The lowest BCUT2D eigenvalue weighted by Gasteiger charge is -1.98. The van der Waals surface area contributed by atoms with Gasteiger partial charge >= 0.3 is 0 Å². The number of nitrogens with two attached hydrogens (primary N) is 1. The minimum Gasteiger partial charge on any atom is -0.330 e. The zero-order valence-electron chi connectivity index (χ0n) is 10.1. The van der Waals surface area contributed by atoms with Crippen molar-refractivity contribution in [2.45, 2.75) is 13.3 Å². The van der Waals surface area contributed by atoms with Crippen molar-refractivity contribution in [1.29, 1.82) is 0 Å². The second-order valence-corrected chi connectivity index (χ2v) is 4.44. The van der Waals surface area contributed by atoms with Crippen LogP contribution in [-0.4, -0.2) is 20.5 Å². The average molecular weight is 228 g/mol. The normalized spacial score (nSPS) is 11.7. The van der Waals surface area contributed by atoms with Crippen LogP contribution in [0.5, 0.6) is 0 Å². The summed E-state index contributed by atoms with van der Waals surface area (Å²) in [5.41, 5.74) is 10.3. The van der Waals surface area contributed by atoms with Crippen molar-refractivity contribution >= 4 is 16.8 Å². The van der Waals surface area contributed by atoms with Crippen LogP contribution in [0.2, 0.25) is 0 Å². The monoisotopic (exact) mass is 228 g/mol. The van der Waals surface area contributed by atoms with E-state index in [1.807, 2.05) is 7.05 Å². The molecule has 17 heavy (non-hydrogen) atoms. The molecule has 2 heterocycles. The lowest BCUT2D eigenvalue weighted by molar-refractivity contribution is 0.820. The van der Waals surface area contributed by atoms with Gasteiger partial charge in [0.25, 0.3) is 0 Å². The van der Waals surface area contributed by atoms with E-state index in [2.05, 4.69) is 40.3 Å². The van der Waals surface area contributed by atoms with Gasteiger partial charge in [0.05, 0.1) is 11.0 Å². The summed E-state index contributed by atoms with van der Waals surface area (Å²) in [5.74, 6) is 0.984. The van der Waals surface area contributed by atoms with E-state index in [0.717, 1.165) is 17.7 Å². The lowest BCUT2D eigenvalue weighted by atomic mass is 10.2. The van der Waals surface area contributed by atoms with E-state index in [0.29, 0.717) is 6.54 Å². The number of aryl methyl sites for hydroxylation is 2. The van der Waals surface area contributed by atoms with Crippen LogP contribution in [0.4, 0.5) is 0 Å². The standard InChI is InChI=1S/C13H16N4/c1-9-4-3-5-11-12(9)15-13-16(2)10(6-7-14)8-17(11)13/h3-5,8H,6-7,14H2,1-2H3. The van der Waals surface area contributed by atoms with Gasteiger partial charge in [-0.15, -0.1) is 0 Å². The van der Waals surface area contributed by atoms with E-state index in [4.69, 9.17) is 10.7 Å². The molecule has 88 valence electrons. The highest BCUT2D eigenvalue weighted by Gasteiger charge is 2.11. The quantitative estimate of drug-likeness (QED) is 0.724. The van der Waals surface area contributed by atoms with Crippen LogP contribution < -0.4 is 5.73 Å². The van der Waals surface area contributed by atoms with Crippen LogP contribution in [0.1, 0.15) is 11.3 Å². The van der Waals surface area contributed by atoms with Crippen LogP contribution >= 0.6 is 0 Å².